The maximum Gasteiger partial charge on any atom is 0.290 e. The summed E-state index contributed by atoms with van der Waals surface area (Å²) in [6, 6.07) is 20.1. The third kappa shape index (κ3) is 9.70. The third-order valence-electron chi connectivity index (χ3n) is 5.00. The zero-order chi connectivity index (χ0) is 24.6. The van der Waals surface area contributed by atoms with Crippen LogP contribution >= 0.6 is 11.3 Å². The third-order valence-corrected chi connectivity index (χ3v) is 6.29. The van der Waals surface area contributed by atoms with Gasteiger partial charge >= 0.3 is 0 Å². The Kier molecular flexibility index (Phi) is 13.6. The zero-order valence-corrected chi connectivity index (χ0v) is 20.9. The first-order chi connectivity index (χ1) is 15.9. The Bertz CT molecular complexity index is 950. The summed E-state index contributed by atoms with van der Waals surface area (Å²) in [4.78, 5) is 23.5. The molecule has 0 fully saturated rings. The van der Waals surface area contributed by atoms with Gasteiger partial charge in [0.05, 0.1) is 0 Å². The van der Waals surface area contributed by atoms with Gasteiger partial charge in [-0.05, 0) is 44.4 Å². The minimum absolute atomic E-state index is 0.0675. The van der Waals surface area contributed by atoms with Crippen LogP contribution < -0.4 is 5.32 Å². The number of ketones is 1. The number of methoxy groups -OCH3 is 1. The summed E-state index contributed by atoms with van der Waals surface area (Å²) in [6.07, 6.45) is 1.13. The van der Waals surface area contributed by atoms with Crippen molar-refractivity contribution in [3.8, 4) is 10.4 Å². The second-order valence-corrected chi connectivity index (χ2v) is 8.50. The molecule has 6 heteroatoms. The molecule has 0 saturated heterocycles. The van der Waals surface area contributed by atoms with E-state index in [0.717, 1.165) is 36.3 Å². The summed E-state index contributed by atoms with van der Waals surface area (Å²) in [6.45, 7) is 10.0. The zero-order valence-electron chi connectivity index (χ0n) is 20.1. The average molecular weight is 470 g/mol. The fraction of sp³-hybridized carbons (Fsp3) is 0.333. The summed E-state index contributed by atoms with van der Waals surface area (Å²) in [5, 5.41) is 10.5. The largest absolute Gasteiger partial charge is 0.483 e. The smallest absolute Gasteiger partial charge is 0.290 e. The van der Waals surface area contributed by atoms with Crippen LogP contribution in [0.25, 0.3) is 10.4 Å². The number of ether oxygens (including phenoxy) is 1. The SMILES string of the molecule is CCC(C)NCc1sc(-c2ccc(C(=O)c3ccccc3)cc2)cc1C.CCOC.O=CO. The maximum atomic E-state index is 12.5. The minimum atomic E-state index is -0.250. The summed E-state index contributed by atoms with van der Waals surface area (Å²) in [5.41, 5.74) is 3.94. The van der Waals surface area contributed by atoms with Crippen LogP contribution in [-0.4, -0.2) is 37.1 Å². The van der Waals surface area contributed by atoms with Gasteiger partial charge in [-0.15, -0.1) is 11.3 Å². The Morgan fingerprint density at radius 1 is 1.09 bits per heavy atom. The quantitative estimate of drug-likeness (QED) is 0.304. The normalized spacial score (nSPS) is 10.8. The van der Waals surface area contributed by atoms with Crippen molar-refractivity contribution in [1.29, 1.82) is 0 Å². The molecular formula is C27H35NO4S. The van der Waals surface area contributed by atoms with Gasteiger partial charge in [0, 0.05) is 47.2 Å². The van der Waals surface area contributed by atoms with Crippen LogP contribution in [-0.2, 0) is 16.1 Å². The van der Waals surface area contributed by atoms with Crippen molar-refractivity contribution in [2.45, 2.75) is 46.7 Å². The van der Waals surface area contributed by atoms with Gasteiger partial charge in [-0.1, -0.05) is 61.5 Å². The summed E-state index contributed by atoms with van der Waals surface area (Å²) in [7, 11) is 1.68. The summed E-state index contributed by atoms with van der Waals surface area (Å²) < 4.78 is 4.54. The lowest BCUT2D eigenvalue weighted by atomic mass is 10.0. The average Bonchev–Trinajstić information content (AvgIpc) is 3.23. The van der Waals surface area contributed by atoms with E-state index < -0.39 is 0 Å². The molecule has 2 N–H and O–H groups in total. The summed E-state index contributed by atoms with van der Waals surface area (Å²) >= 11 is 1.83. The number of rotatable bonds is 8. The number of aryl methyl sites for hydroxylation is 1. The molecule has 2 aromatic carbocycles. The molecule has 0 spiro atoms. The molecule has 0 bridgehead atoms. The van der Waals surface area contributed by atoms with E-state index in [9.17, 15) is 4.79 Å². The molecule has 3 rings (SSSR count). The molecule has 1 atom stereocenters. The number of hydrogen-bond donors (Lipinski definition) is 2. The molecule has 1 aromatic heterocycles. The van der Waals surface area contributed by atoms with Crippen LogP contribution in [0, 0.1) is 6.92 Å². The van der Waals surface area contributed by atoms with Gasteiger partial charge in [-0.2, -0.15) is 0 Å². The standard InChI is InChI=1S/C23H25NOS.C3H8O.CH2O2/c1-4-17(3)24-15-22-16(2)14-21(26-22)18-10-12-20(13-11-18)23(25)19-8-6-5-7-9-19;1-3-4-2;2-1-3/h5-14,17,24H,4,15H2,1-3H3;3H2,1-2H3;1H,(H,2,3). The molecule has 5 nitrogen and oxygen atoms in total. The molecule has 1 heterocycles. The second-order valence-electron chi connectivity index (χ2n) is 7.36. The van der Waals surface area contributed by atoms with Gasteiger partial charge in [-0.25, -0.2) is 0 Å². The van der Waals surface area contributed by atoms with Gasteiger partial charge in [-0.3, -0.25) is 9.59 Å². The maximum absolute atomic E-state index is 12.5. The fourth-order valence-corrected chi connectivity index (χ4v) is 3.92. The molecule has 0 amide bonds. The van der Waals surface area contributed by atoms with Crippen molar-refractivity contribution in [2.75, 3.05) is 13.7 Å². The molecule has 0 aliphatic heterocycles. The molecule has 3 aromatic rings. The lowest BCUT2D eigenvalue weighted by Gasteiger charge is -2.10. The van der Waals surface area contributed by atoms with Crippen molar-refractivity contribution in [1.82, 2.24) is 5.32 Å². The van der Waals surface area contributed by atoms with E-state index in [1.54, 1.807) is 7.11 Å². The highest BCUT2D eigenvalue weighted by atomic mass is 32.1. The molecular weight excluding hydrogens is 434 g/mol. The lowest BCUT2D eigenvalue weighted by molar-refractivity contribution is -0.122. The molecule has 0 aliphatic carbocycles. The van der Waals surface area contributed by atoms with E-state index in [1.807, 2.05) is 72.9 Å². The van der Waals surface area contributed by atoms with E-state index in [-0.39, 0.29) is 12.3 Å². The van der Waals surface area contributed by atoms with E-state index in [1.165, 1.54) is 15.3 Å². The topological polar surface area (TPSA) is 75.6 Å². The highest BCUT2D eigenvalue weighted by Crippen LogP contribution is 2.31. The lowest BCUT2D eigenvalue weighted by Crippen LogP contribution is -2.24. The first-order valence-corrected chi connectivity index (χ1v) is 11.8. The van der Waals surface area contributed by atoms with Crippen LogP contribution in [0.5, 0.6) is 0 Å². The van der Waals surface area contributed by atoms with Crippen molar-refractivity contribution >= 4 is 23.6 Å². The number of carbonyl (C=O) groups is 2. The Morgan fingerprint density at radius 3 is 2.15 bits per heavy atom. The molecule has 0 aliphatic rings. The van der Waals surface area contributed by atoms with Gasteiger partial charge in [0.2, 0.25) is 0 Å². The first kappa shape index (κ1) is 28.2. The van der Waals surface area contributed by atoms with E-state index >= 15 is 0 Å². The van der Waals surface area contributed by atoms with Gasteiger partial charge in [0.1, 0.15) is 0 Å². The minimum Gasteiger partial charge on any atom is -0.483 e. The molecule has 0 radical (unpaired) electrons. The van der Waals surface area contributed by atoms with Crippen molar-refractivity contribution in [3.63, 3.8) is 0 Å². The van der Waals surface area contributed by atoms with E-state index in [0.29, 0.717) is 6.04 Å². The number of nitrogens with one attached hydrogen (secondary N) is 1. The Labute approximate surface area is 201 Å². The number of benzene rings is 2. The van der Waals surface area contributed by atoms with Crippen molar-refractivity contribution < 1.29 is 19.4 Å². The van der Waals surface area contributed by atoms with Crippen molar-refractivity contribution in [3.05, 3.63) is 82.2 Å². The van der Waals surface area contributed by atoms with Gasteiger partial charge in [0.25, 0.3) is 6.47 Å². The fourth-order valence-electron chi connectivity index (χ4n) is 2.79. The predicted octanol–water partition coefficient (Wildman–Crippen LogP) is 6.20. The first-order valence-electron chi connectivity index (χ1n) is 11.0. The number of carboxylic acid groups (broad SMARTS) is 1. The predicted molar refractivity (Wildman–Crippen MR) is 137 cm³/mol. The second kappa shape index (κ2) is 15.9. The Morgan fingerprint density at radius 2 is 1.64 bits per heavy atom. The van der Waals surface area contributed by atoms with Crippen LogP contribution in [0.1, 0.15) is 53.6 Å². The van der Waals surface area contributed by atoms with Crippen LogP contribution in [0.2, 0.25) is 0 Å². The van der Waals surface area contributed by atoms with E-state index in [2.05, 4.69) is 36.9 Å². The summed E-state index contributed by atoms with van der Waals surface area (Å²) in [5.74, 6) is 0.0675. The van der Waals surface area contributed by atoms with Crippen LogP contribution in [0.15, 0.2) is 60.7 Å². The molecule has 1 unspecified atom stereocenters. The van der Waals surface area contributed by atoms with Crippen molar-refractivity contribution in [2.24, 2.45) is 0 Å². The van der Waals surface area contributed by atoms with Gasteiger partial charge in [0.15, 0.2) is 5.78 Å². The van der Waals surface area contributed by atoms with Crippen LogP contribution in [0.4, 0.5) is 0 Å². The molecule has 33 heavy (non-hydrogen) atoms. The molecule has 0 saturated carbocycles. The molecule has 178 valence electrons. The van der Waals surface area contributed by atoms with Crippen LogP contribution in [0.3, 0.4) is 0 Å². The van der Waals surface area contributed by atoms with Gasteiger partial charge < -0.3 is 15.2 Å². The number of carbonyl (C=O) groups excluding carboxylic acids is 1. The number of thiophene rings is 1. The monoisotopic (exact) mass is 469 g/mol. The number of hydrogen-bond acceptors (Lipinski definition) is 5. The van der Waals surface area contributed by atoms with E-state index in [4.69, 9.17) is 9.90 Å². The Balaban J connectivity index is 0.000000688. The highest BCUT2D eigenvalue weighted by molar-refractivity contribution is 7.15. The highest BCUT2D eigenvalue weighted by Gasteiger charge is 2.11. The Hall–Kier alpha value is -2.80.